The number of rotatable bonds is 2. The second kappa shape index (κ2) is 9.70. The lowest BCUT2D eigenvalue weighted by atomic mass is 9.66. The molecule has 0 saturated carbocycles. The summed E-state index contributed by atoms with van der Waals surface area (Å²) in [7, 11) is 0. The molecule has 47 heavy (non-hydrogen) atoms. The minimum atomic E-state index is -0.566. The Morgan fingerprint density at radius 1 is 0.596 bits per heavy atom. The number of benzene rings is 6. The fourth-order valence-electron chi connectivity index (χ4n) is 7.65. The molecule has 1 aliphatic heterocycles. The van der Waals surface area contributed by atoms with Gasteiger partial charge in [-0.05, 0) is 64.7 Å². The topological polar surface area (TPSA) is 58.8 Å². The summed E-state index contributed by atoms with van der Waals surface area (Å²) in [6.45, 7) is 0. The van der Waals surface area contributed by atoms with Crippen molar-refractivity contribution >= 4 is 31.6 Å². The van der Waals surface area contributed by atoms with Gasteiger partial charge >= 0.3 is 0 Å². The van der Waals surface area contributed by atoms with Crippen molar-refractivity contribution in [2.24, 2.45) is 0 Å². The number of nitrogens with zero attached hydrogens (tertiary/aromatic N) is 3. The fraction of sp³-hybridized carbons (Fsp3) is 0.0238. The summed E-state index contributed by atoms with van der Waals surface area (Å²) >= 11 is 1.71. The SMILES string of the molecule is N#Cc1cccc(-c2nc(-c3ccc4c(c3)C3(c5ccccc5O4)c4ccccc4-c4ccccc43)c3sc4ccccc4c3n2)c1. The molecule has 10 rings (SSSR count). The number of para-hydroxylation sites is 1. The number of ether oxygens (including phenoxy) is 1. The van der Waals surface area contributed by atoms with Crippen LogP contribution in [0.5, 0.6) is 11.5 Å². The van der Waals surface area contributed by atoms with Crippen LogP contribution in [-0.2, 0) is 5.41 Å². The molecule has 1 aliphatic carbocycles. The summed E-state index contributed by atoms with van der Waals surface area (Å²) in [4.78, 5) is 10.4. The van der Waals surface area contributed by atoms with E-state index >= 15 is 0 Å². The van der Waals surface area contributed by atoms with Crippen LogP contribution in [-0.4, -0.2) is 9.97 Å². The molecule has 0 saturated heterocycles. The molecule has 0 radical (unpaired) electrons. The van der Waals surface area contributed by atoms with E-state index in [-0.39, 0.29) is 0 Å². The lowest BCUT2D eigenvalue weighted by molar-refractivity contribution is 0.436. The van der Waals surface area contributed by atoms with E-state index in [0.29, 0.717) is 11.4 Å². The maximum Gasteiger partial charge on any atom is 0.160 e. The van der Waals surface area contributed by atoms with E-state index in [1.165, 1.54) is 22.3 Å². The first-order chi connectivity index (χ1) is 23.2. The molecule has 6 aromatic carbocycles. The Morgan fingerprint density at radius 2 is 1.30 bits per heavy atom. The van der Waals surface area contributed by atoms with Gasteiger partial charge in [-0.25, -0.2) is 9.97 Å². The van der Waals surface area contributed by atoms with Crippen molar-refractivity contribution in [1.82, 2.24) is 9.97 Å². The van der Waals surface area contributed by atoms with Crippen LogP contribution < -0.4 is 4.74 Å². The Bertz CT molecular complexity index is 2600. The molecule has 0 bridgehead atoms. The Morgan fingerprint density at radius 3 is 2.11 bits per heavy atom. The zero-order valence-corrected chi connectivity index (χ0v) is 25.8. The van der Waals surface area contributed by atoms with Crippen molar-refractivity contribution in [1.29, 1.82) is 5.26 Å². The second-order valence-corrected chi connectivity index (χ2v) is 13.1. The summed E-state index contributed by atoms with van der Waals surface area (Å²) in [6.07, 6.45) is 0. The Kier molecular flexibility index (Phi) is 5.40. The van der Waals surface area contributed by atoms with Crippen LogP contribution in [0.3, 0.4) is 0 Å². The van der Waals surface area contributed by atoms with Gasteiger partial charge in [0.05, 0.1) is 33.0 Å². The third kappa shape index (κ3) is 3.56. The van der Waals surface area contributed by atoms with Crippen LogP contribution in [0.2, 0.25) is 0 Å². The number of aromatic nitrogens is 2. The molecule has 4 nitrogen and oxygen atoms in total. The Hall–Kier alpha value is -6.09. The van der Waals surface area contributed by atoms with Crippen molar-refractivity contribution in [3.8, 4) is 51.3 Å². The first kappa shape index (κ1) is 26.2. The number of thiophene rings is 1. The molecule has 0 unspecified atom stereocenters. The van der Waals surface area contributed by atoms with Crippen molar-refractivity contribution in [3.63, 3.8) is 0 Å². The molecular weight excluding hydrogens is 595 g/mol. The summed E-state index contributed by atoms with van der Waals surface area (Å²) in [5.41, 5.74) is 10.8. The molecule has 218 valence electrons. The lowest BCUT2D eigenvalue weighted by Crippen LogP contribution is -2.32. The molecule has 3 heterocycles. The lowest BCUT2D eigenvalue weighted by Gasteiger charge is -2.39. The summed E-state index contributed by atoms with van der Waals surface area (Å²) in [6, 6.07) is 50.6. The number of hydrogen-bond donors (Lipinski definition) is 0. The summed E-state index contributed by atoms with van der Waals surface area (Å²) in [5, 5.41) is 10.7. The van der Waals surface area contributed by atoms with Crippen LogP contribution in [0.15, 0.2) is 140 Å². The summed E-state index contributed by atoms with van der Waals surface area (Å²) < 4.78 is 8.87. The predicted molar refractivity (Wildman–Crippen MR) is 188 cm³/mol. The largest absolute Gasteiger partial charge is 0.457 e. The van der Waals surface area contributed by atoms with Crippen LogP contribution in [0.1, 0.15) is 27.8 Å². The van der Waals surface area contributed by atoms with Crippen LogP contribution in [0.4, 0.5) is 0 Å². The Labute approximate surface area is 274 Å². The molecule has 0 fully saturated rings. The van der Waals surface area contributed by atoms with Crippen LogP contribution >= 0.6 is 11.3 Å². The number of nitriles is 1. The van der Waals surface area contributed by atoms with Gasteiger partial charge in [-0.2, -0.15) is 5.26 Å². The van der Waals surface area contributed by atoms with Gasteiger partial charge < -0.3 is 4.74 Å². The Balaban J connectivity index is 1.30. The zero-order chi connectivity index (χ0) is 31.1. The van der Waals surface area contributed by atoms with Gasteiger partial charge in [0, 0.05) is 32.3 Å². The molecule has 8 aromatic rings. The minimum Gasteiger partial charge on any atom is -0.457 e. The highest BCUT2D eigenvalue weighted by Crippen LogP contribution is 2.62. The van der Waals surface area contributed by atoms with Crippen LogP contribution in [0, 0.1) is 11.3 Å². The highest BCUT2D eigenvalue weighted by atomic mass is 32.1. The fourth-order valence-corrected chi connectivity index (χ4v) is 8.80. The zero-order valence-electron chi connectivity index (χ0n) is 24.9. The maximum absolute atomic E-state index is 9.64. The second-order valence-electron chi connectivity index (χ2n) is 12.0. The van der Waals surface area contributed by atoms with Gasteiger partial charge in [-0.15, -0.1) is 11.3 Å². The van der Waals surface area contributed by atoms with E-state index in [9.17, 15) is 5.26 Å². The van der Waals surface area contributed by atoms with E-state index in [2.05, 4.69) is 115 Å². The van der Waals surface area contributed by atoms with Crippen molar-refractivity contribution in [3.05, 3.63) is 167 Å². The average molecular weight is 618 g/mol. The molecule has 0 amide bonds. The van der Waals surface area contributed by atoms with E-state index in [1.54, 1.807) is 17.4 Å². The van der Waals surface area contributed by atoms with Crippen molar-refractivity contribution in [2.75, 3.05) is 0 Å². The van der Waals surface area contributed by atoms with Gasteiger partial charge in [-0.3, -0.25) is 0 Å². The highest BCUT2D eigenvalue weighted by molar-refractivity contribution is 7.26. The van der Waals surface area contributed by atoms with Crippen molar-refractivity contribution < 1.29 is 4.74 Å². The predicted octanol–water partition coefficient (Wildman–Crippen LogP) is 10.5. The van der Waals surface area contributed by atoms with Crippen LogP contribution in [0.25, 0.3) is 54.1 Å². The third-order valence-electron chi connectivity index (χ3n) is 9.59. The minimum absolute atomic E-state index is 0.566. The van der Waals surface area contributed by atoms with E-state index in [0.717, 1.165) is 59.7 Å². The highest BCUT2D eigenvalue weighted by Gasteiger charge is 2.51. The smallest absolute Gasteiger partial charge is 0.160 e. The molecule has 2 aliphatic rings. The number of fused-ring (bicyclic) bond motifs is 12. The third-order valence-corrected chi connectivity index (χ3v) is 10.8. The van der Waals surface area contributed by atoms with E-state index in [4.69, 9.17) is 14.7 Å². The monoisotopic (exact) mass is 617 g/mol. The van der Waals surface area contributed by atoms with E-state index < -0.39 is 5.41 Å². The first-order valence-corrected chi connectivity index (χ1v) is 16.4. The standard InChI is InChI=1S/C42H23N3OS/c43-24-25-10-9-11-27(22-25)41-44-38(40-39(45-41)30-14-3-8-19-37(30)47-40)26-20-21-36-34(23-26)42(33-17-6-7-18-35(33)46-36)31-15-4-1-12-28(31)29-13-2-5-16-32(29)42/h1-23H. The van der Waals surface area contributed by atoms with Gasteiger partial charge in [-0.1, -0.05) is 97.1 Å². The molecular formula is C42H23N3OS. The molecule has 0 N–H and O–H groups in total. The normalized spacial score (nSPS) is 13.4. The van der Waals surface area contributed by atoms with Gasteiger partial charge in [0.1, 0.15) is 11.5 Å². The van der Waals surface area contributed by atoms with E-state index in [1.807, 2.05) is 24.3 Å². The maximum atomic E-state index is 9.64. The average Bonchev–Trinajstić information content (AvgIpc) is 3.66. The molecule has 0 atom stereocenters. The number of hydrogen-bond acceptors (Lipinski definition) is 5. The quantitative estimate of drug-likeness (QED) is 0.194. The first-order valence-electron chi connectivity index (χ1n) is 15.6. The van der Waals surface area contributed by atoms with Crippen molar-refractivity contribution in [2.45, 2.75) is 5.41 Å². The summed E-state index contributed by atoms with van der Waals surface area (Å²) in [5.74, 6) is 2.30. The molecule has 2 aromatic heterocycles. The van der Waals surface area contributed by atoms with Gasteiger partial charge in [0.2, 0.25) is 0 Å². The molecule has 1 spiro atoms. The van der Waals surface area contributed by atoms with Gasteiger partial charge in [0.25, 0.3) is 0 Å². The molecule has 5 heteroatoms. The van der Waals surface area contributed by atoms with Gasteiger partial charge in [0.15, 0.2) is 5.82 Å².